The van der Waals surface area contributed by atoms with Crippen molar-refractivity contribution in [2.24, 2.45) is 0 Å². The van der Waals surface area contributed by atoms with E-state index in [4.69, 9.17) is 0 Å². The maximum Gasteiger partial charge on any atom is 0.123 e. The van der Waals surface area contributed by atoms with Crippen LogP contribution < -0.4 is 0 Å². The fraction of sp³-hybridized carbons (Fsp3) is 0.538. The van der Waals surface area contributed by atoms with Crippen LogP contribution in [-0.4, -0.2) is 29.2 Å². The molecular weight excluding hydrogens is 205 g/mol. The molecule has 16 heavy (non-hydrogen) atoms. The number of hydrogen-bond acceptors (Lipinski definition) is 2. The second-order valence-corrected chi connectivity index (χ2v) is 4.67. The molecule has 1 N–H and O–H groups in total. The minimum Gasteiger partial charge on any atom is -0.392 e. The van der Waals surface area contributed by atoms with Gasteiger partial charge in [-0.15, -0.1) is 0 Å². The van der Waals surface area contributed by atoms with E-state index in [1.54, 1.807) is 6.07 Å². The smallest absolute Gasteiger partial charge is 0.123 e. The highest BCUT2D eigenvalue weighted by molar-refractivity contribution is 5.23. The summed E-state index contributed by atoms with van der Waals surface area (Å²) in [6, 6.07) is 5.12. The summed E-state index contributed by atoms with van der Waals surface area (Å²) in [5.41, 5.74) is 1.94. The van der Waals surface area contributed by atoms with Crippen molar-refractivity contribution in [2.45, 2.75) is 32.4 Å². The number of rotatable bonds is 2. The van der Waals surface area contributed by atoms with Gasteiger partial charge < -0.3 is 5.11 Å². The van der Waals surface area contributed by atoms with Gasteiger partial charge in [0.25, 0.3) is 0 Å². The normalized spacial score (nSPS) is 22.3. The Hall–Kier alpha value is -0.930. The van der Waals surface area contributed by atoms with Crippen molar-refractivity contribution in [1.29, 1.82) is 0 Å². The minimum atomic E-state index is -0.219. The summed E-state index contributed by atoms with van der Waals surface area (Å²) in [4.78, 5) is 2.18. The number of nitrogens with zero attached hydrogens (tertiary/aromatic N) is 1. The van der Waals surface area contributed by atoms with Crippen molar-refractivity contribution in [1.82, 2.24) is 4.90 Å². The molecule has 0 bridgehead atoms. The quantitative estimate of drug-likeness (QED) is 0.830. The maximum absolute atomic E-state index is 13.2. The highest BCUT2D eigenvalue weighted by Crippen LogP contribution is 2.15. The first-order valence-corrected chi connectivity index (χ1v) is 5.80. The van der Waals surface area contributed by atoms with E-state index < -0.39 is 0 Å². The fourth-order valence-corrected chi connectivity index (χ4v) is 2.34. The highest BCUT2D eigenvalue weighted by atomic mass is 19.1. The Morgan fingerprint density at radius 3 is 2.94 bits per heavy atom. The first kappa shape index (κ1) is 11.6. The lowest BCUT2D eigenvalue weighted by molar-refractivity contribution is 0.0668. The zero-order valence-corrected chi connectivity index (χ0v) is 9.62. The molecule has 0 aromatic heterocycles. The van der Waals surface area contributed by atoms with Crippen LogP contribution in [0.25, 0.3) is 0 Å². The molecule has 1 fully saturated rings. The predicted molar refractivity (Wildman–Crippen MR) is 61.7 cm³/mol. The Kier molecular flexibility index (Phi) is 3.56. The zero-order chi connectivity index (χ0) is 11.5. The second-order valence-electron chi connectivity index (χ2n) is 4.67. The molecule has 1 aromatic carbocycles. The molecule has 1 atom stereocenters. The molecule has 0 aliphatic carbocycles. The third kappa shape index (κ3) is 3.03. The Bertz CT molecular complexity index is 347. The summed E-state index contributed by atoms with van der Waals surface area (Å²) in [6.07, 6.45) is 1.69. The summed E-state index contributed by atoms with van der Waals surface area (Å²) in [6.45, 7) is 4.33. The minimum absolute atomic E-state index is 0.174. The summed E-state index contributed by atoms with van der Waals surface area (Å²) in [5, 5.41) is 9.55. The largest absolute Gasteiger partial charge is 0.392 e. The molecule has 2 nitrogen and oxygen atoms in total. The van der Waals surface area contributed by atoms with E-state index in [1.165, 1.54) is 6.07 Å². The molecule has 1 saturated heterocycles. The maximum atomic E-state index is 13.2. The van der Waals surface area contributed by atoms with Crippen molar-refractivity contribution in [2.75, 3.05) is 13.1 Å². The van der Waals surface area contributed by atoms with E-state index in [9.17, 15) is 9.50 Å². The van der Waals surface area contributed by atoms with Gasteiger partial charge in [-0.1, -0.05) is 6.07 Å². The van der Waals surface area contributed by atoms with Crippen molar-refractivity contribution in [3.05, 3.63) is 35.1 Å². The molecule has 0 saturated carbocycles. The monoisotopic (exact) mass is 223 g/mol. The van der Waals surface area contributed by atoms with Gasteiger partial charge in [-0.05, 0) is 49.6 Å². The Morgan fingerprint density at radius 1 is 1.44 bits per heavy atom. The van der Waals surface area contributed by atoms with Crippen molar-refractivity contribution in [3.8, 4) is 0 Å². The van der Waals surface area contributed by atoms with Gasteiger partial charge in [0.05, 0.1) is 6.10 Å². The molecule has 1 heterocycles. The summed E-state index contributed by atoms with van der Waals surface area (Å²) in [5.74, 6) is -0.174. The van der Waals surface area contributed by atoms with Crippen LogP contribution >= 0.6 is 0 Å². The molecule has 2 rings (SSSR count). The average molecular weight is 223 g/mol. The van der Waals surface area contributed by atoms with Crippen LogP contribution in [0, 0.1) is 12.7 Å². The molecule has 0 spiro atoms. The van der Waals surface area contributed by atoms with Gasteiger partial charge in [0, 0.05) is 13.1 Å². The summed E-state index contributed by atoms with van der Waals surface area (Å²) in [7, 11) is 0. The Balaban J connectivity index is 2.02. The predicted octanol–water partition coefficient (Wildman–Crippen LogP) is 2.09. The molecule has 1 aliphatic rings. The van der Waals surface area contributed by atoms with E-state index in [1.807, 2.05) is 13.0 Å². The molecular formula is C13H18FNO. The Morgan fingerprint density at radius 2 is 2.25 bits per heavy atom. The first-order valence-electron chi connectivity index (χ1n) is 5.80. The number of benzene rings is 1. The van der Waals surface area contributed by atoms with Crippen LogP contribution in [-0.2, 0) is 6.54 Å². The van der Waals surface area contributed by atoms with Crippen LogP contribution in [0.1, 0.15) is 24.0 Å². The molecule has 3 heteroatoms. The molecule has 88 valence electrons. The second kappa shape index (κ2) is 4.93. The van der Waals surface area contributed by atoms with Gasteiger partial charge in [0.2, 0.25) is 0 Å². The van der Waals surface area contributed by atoms with Crippen molar-refractivity contribution >= 4 is 0 Å². The van der Waals surface area contributed by atoms with Crippen LogP contribution in [0.15, 0.2) is 18.2 Å². The van der Waals surface area contributed by atoms with Crippen LogP contribution in [0.2, 0.25) is 0 Å². The average Bonchev–Trinajstić information content (AvgIpc) is 2.15. The molecule has 1 unspecified atom stereocenters. The number of aliphatic hydroxyl groups is 1. The molecule has 1 aromatic rings. The number of hydrogen-bond donors (Lipinski definition) is 1. The van der Waals surface area contributed by atoms with E-state index in [-0.39, 0.29) is 11.9 Å². The van der Waals surface area contributed by atoms with Gasteiger partial charge in [0.1, 0.15) is 5.82 Å². The van der Waals surface area contributed by atoms with Gasteiger partial charge in [-0.3, -0.25) is 4.90 Å². The molecule has 0 radical (unpaired) electrons. The zero-order valence-electron chi connectivity index (χ0n) is 9.62. The number of aryl methyl sites for hydroxylation is 1. The van der Waals surface area contributed by atoms with Crippen LogP contribution in [0.4, 0.5) is 4.39 Å². The topological polar surface area (TPSA) is 23.5 Å². The van der Waals surface area contributed by atoms with Gasteiger partial charge in [-0.2, -0.15) is 0 Å². The van der Waals surface area contributed by atoms with E-state index in [0.717, 1.165) is 37.1 Å². The van der Waals surface area contributed by atoms with Crippen LogP contribution in [0.3, 0.4) is 0 Å². The van der Waals surface area contributed by atoms with E-state index in [2.05, 4.69) is 4.90 Å². The lowest BCUT2D eigenvalue weighted by atomic mass is 10.1. The van der Waals surface area contributed by atoms with Crippen molar-refractivity contribution < 1.29 is 9.50 Å². The Labute approximate surface area is 95.7 Å². The number of β-amino-alcohol motifs (C(OH)–C–C–N with tert-alkyl or cyclic N) is 1. The first-order chi connectivity index (χ1) is 7.63. The van der Waals surface area contributed by atoms with Crippen molar-refractivity contribution in [3.63, 3.8) is 0 Å². The van der Waals surface area contributed by atoms with Gasteiger partial charge in [-0.25, -0.2) is 4.39 Å². The van der Waals surface area contributed by atoms with Gasteiger partial charge in [0.15, 0.2) is 0 Å². The molecule has 0 amide bonds. The standard InChI is InChI=1S/C13H18FNO/c1-10-5-11(7-12(14)6-10)8-15-4-2-3-13(16)9-15/h5-7,13,16H,2-4,8-9H2,1H3. The fourth-order valence-electron chi connectivity index (χ4n) is 2.34. The lowest BCUT2D eigenvalue weighted by Gasteiger charge is -2.30. The lowest BCUT2D eigenvalue weighted by Crippen LogP contribution is -2.37. The SMILES string of the molecule is Cc1cc(F)cc(CN2CCCC(O)C2)c1. The highest BCUT2D eigenvalue weighted by Gasteiger charge is 2.17. The molecule has 1 aliphatic heterocycles. The third-order valence-electron chi connectivity index (χ3n) is 2.99. The number of aliphatic hydroxyl groups excluding tert-OH is 1. The number of likely N-dealkylation sites (tertiary alicyclic amines) is 1. The van der Waals surface area contributed by atoms with Crippen LogP contribution in [0.5, 0.6) is 0 Å². The number of halogens is 1. The van der Waals surface area contributed by atoms with E-state index >= 15 is 0 Å². The number of piperidine rings is 1. The third-order valence-corrected chi connectivity index (χ3v) is 2.99. The summed E-state index contributed by atoms with van der Waals surface area (Å²) < 4.78 is 13.2. The summed E-state index contributed by atoms with van der Waals surface area (Å²) >= 11 is 0. The van der Waals surface area contributed by atoms with E-state index in [0.29, 0.717) is 6.54 Å². The van der Waals surface area contributed by atoms with Gasteiger partial charge >= 0.3 is 0 Å².